The van der Waals surface area contributed by atoms with Gasteiger partial charge in [0.15, 0.2) is 0 Å². The molecule has 0 bridgehead atoms. The van der Waals surface area contributed by atoms with Gasteiger partial charge in [0.1, 0.15) is 0 Å². The van der Waals surface area contributed by atoms with Crippen molar-refractivity contribution in [1.29, 1.82) is 0 Å². The van der Waals surface area contributed by atoms with Crippen LogP contribution in [0.4, 0.5) is 0 Å². The third kappa shape index (κ3) is 3.91. The molecule has 1 rings (SSSR count). The number of pyridine rings is 1. The van der Waals surface area contributed by atoms with E-state index in [0.717, 1.165) is 11.8 Å². The summed E-state index contributed by atoms with van der Waals surface area (Å²) >= 11 is 0. The van der Waals surface area contributed by atoms with Gasteiger partial charge in [0.25, 0.3) is 0 Å². The van der Waals surface area contributed by atoms with Gasteiger partial charge < -0.3 is 0 Å². The second kappa shape index (κ2) is 5.79. The summed E-state index contributed by atoms with van der Waals surface area (Å²) in [4.78, 5) is 4.12. The molecule has 0 radical (unpaired) electrons. The normalized spacial score (nSPS) is 13.1. The maximum absolute atomic E-state index is 4.12. The lowest BCUT2D eigenvalue weighted by molar-refractivity contribution is 0.382. The zero-order valence-electron chi connectivity index (χ0n) is 9.53. The molecule has 0 saturated carbocycles. The fourth-order valence-electron chi connectivity index (χ4n) is 1.51. The highest BCUT2D eigenvalue weighted by molar-refractivity contribution is 5.08. The molecule has 1 nitrogen and oxygen atoms in total. The van der Waals surface area contributed by atoms with Gasteiger partial charge in [0.2, 0.25) is 0 Å². The Hall–Kier alpha value is -0.850. The van der Waals surface area contributed by atoms with Crippen LogP contribution >= 0.6 is 0 Å². The Bertz CT molecular complexity index is 241. The number of nitrogens with zero attached hydrogens (tertiary/aromatic N) is 1. The molecule has 0 aliphatic heterocycles. The van der Waals surface area contributed by atoms with Crippen molar-refractivity contribution >= 4 is 0 Å². The minimum Gasteiger partial charge on any atom is -0.264 e. The van der Waals surface area contributed by atoms with E-state index < -0.39 is 0 Å². The van der Waals surface area contributed by atoms with Crippen molar-refractivity contribution in [1.82, 2.24) is 4.98 Å². The van der Waals surface area contributed by atoms with Crippen molar-refractivity contribution in [2.75, 3.05) is 0 Å². The first-order valence-corrected chi connectivity index (χ1v) is 5.59. The van der Waals surface area contributed by atoms with Crippen molar-refractivity contribution in [2.45, 2.75) is 40.0 Å². The van der Waals surface area contributed by atoms with E-state index >= 15 is 0 Å². The summed E-state index contributed by atoms with van der Waals surface area (Å²) in [6.07, 6.45) is 7.59. The lowest BCUT2D eigenvalue weighted by Gasteiger charge is -2.14. The second-order valence-corrected chi connectivity index (χ2v) is 4.47. The minimum atomic E-state index is 0.809. The van der Waals surface area contributed by atoms with E-state index in [1.54, 1.807) is 0 Å². The maximum atomic E-state index is 4.12. The van der Waals surface area contributed by atoms with Crippen molar-refractivity contribution < 1.29 is 0 Å². The highest BCUT2D eigenvalue weighted by atomic mass is 14.6. The van der Waals surface area contributed by atoms with Crippen molar-refractivity contribution in [2.24, 2.45) is 11.8 Å². The summed E-state index contributed by atoms with van der Waals surface area (Å²) in [5.41, 5.74) is 1.36. The van der Waals surface area contributed by atoms with Gasteiger partial charge in [-0.15, -0.1) is 0 Å². The van der Waals surface area contributed by atoms with E-state index in [1.807, 2.05) is 18.5 Å². The van der Waals surface area contributed by atoms with E-state index in [1.165, 1.54) is 24.8 Å². The van der Waals surface area contributed by atoms with E-state index in [2.05, 4.69) is 31.8 Å². The second-order valence-electron chi connectivity index (χ2n) is 4.47. The van der Waals surface area contributed by atoms with Crippen LogP contribution < -0.4 is 0 Å². The third-order valence-corrected chi connectivity index (χ3v) is 2.99. The topological polar surface area (TPSA) is 12.9 Å². The summed E-state index contributed by atoms with van der Waals surface area (Å²) in [6.45, 7) is 6.94. The van der Waals surface area contributed by atoms with Crippen LogP contribution in [-0.4, -0.2) is 4.98 Å². The fraction of sp³-hybridized carbons (Fsp3) is 0.615. The molecule has 1 heterocycles. The van der Waals surface area contributed by atoms with Crippen LogP contribution in [-0.2, 0) is 6.42 Å². The van der Waals surface area contributed by atoms with Gasteiger partial charge in [-0.25, -0.2) is 0 Å². The number of hydrogen-bond acceptors (Lipinski definition) is 1. The zero-order chi connectivity index (χ0) is 10.4. The molecule has 78 valence electrons. The monoisotopic (exact) mass is 191 g/mol. The first kappa shape index (κ1) is 11.2. The van der Waals surface area contributed by atoms with Crippen LogP contribution in [0.2, 0.25) is 0 Å². The summed E-state index contributed by atoms with van der Waals surface area (Å²) in [7, 11) is 0. The molecular formula is C13H21N. The molecule has 0 spiro atoms. The lowest BCUT2D eigenvalue weighted by Crippen LogP contribution is -2.04. The third-order valence-electron chi connectivity index (χ3n) is 2.99. The average Bonchev–Trinajstić information content (AvgIpc) is 2.19. The van der Waals surface area contributed by atoms with Gasteiger partial charge in [0, 0.05) is 12.4 Å². The summed E-state index contributed by atoms with van der Waals surface area (Å²) in [6, 6.07) is 4.17. The molecule has 0 aliphatic rings. The predicted molar refractivity (Wildman–Crippen MR) is 61.2 cm³/mol. The summed E-state index contributed by atoms with van der Waals surface area (Å²) < 4.78 is 0. The van der Waals surface area contributed by atoms with Crippen molar-refractivity contribution in [3.05, 3.63) is 30.1 Å². The largest absolute Gasteiger partial charge is 0.264 e. The van der Waals surface area contributed by atoms with Crippen LogP contribution in [0.3, 0.4) is 0 Å². The van der Waals surface area contributed by atoms with Crippen LogP contribution in [0.5, 0.6) is 0 Å². The van der Waals surface area contributed by atoms with Gasteiger partial charge in [0.05, 0.1) is 0 Å². The quantitative estimate of drug-likeness (QED) is 0.691. The summed E-state index contributed by atoms with van der Waals surface area (Å²) in [5.74, 6) is 1.65. The van der Waals surface area contributed by atoms with Crippen molar-refractivity contribution in [3.8, 4) is 0 Å². The molecular weight excluding hydrogens is 170 g/mol. The van der Waals surface area contributed by atoms with Crippen LogP contribution in [0.15, 0.2) is 24.5 Å². The Balaban J connectivity index is 2.22. The van der Waals surface area contributed by atoms with Crippen molar-refractivity contribution in [3.63, 3.8) is 0 Å². The van der Waals surface area contributed by atoms with Crippen LogP contribution in [0.1, 0.15) is 39.2 Å². The first-order valence-electron chi connectivity index (χ1n) is 5.59. The lowest BCUT2D eigenvalue weighted by atomic mass is 9.92. The molecule has 1 atom stereocenters. The van der Waals surface area contributed by atoms with Gasteiger partial charge in [-0.3, -0.25) is 4.98 Å². The van der Waals surface area contributed by atoms with Gasteiger partial charge in [-0.2, -0.15) is 0 Å². The molecule has 0 saturated heterocycles. The maximum Gasteiger partial charge on any atom is 0.0299 e. The molecule has 0 N–H and O–H groups in total. The van der Waals surface area contributed by atoms with Crippen LogP contribution in [0.25, 0.3) is 0 Å². The molecule has 0 aromatic carbocycles. The fourth-order valence-corrected chi connectivity index (χ4v) is 1.51. The first-order chi connectivity index (χ1) is 6.70. The zero-order valence-corrected chi connectivity index (χ0v) is 9.53. The molecule has 1 aromatic rings. The Morgan fingerprint density at radius 1 is 1.29 bits per heavy atom. The minimum absolute atomic E-state index is 0.809. The molecule has 1 aromatic heterocycles. The van der Waals surface area contributed by atoms with E-state index in [4.69, 9.17) is 0 Å². The van der Waals surface area contributed by atoms with Gasteiger partial charge >= 0.3 is 0 Å². The number of aromatic nitrogens is 1. The Morgan fingerprint density at radius 2 is 2.07 bits per heavy atom. The Morgan fingerprint density at radius 3 is 2.64 bits per heavy atom. The van der Waals surface area contributed by atoms with Gasteiger partial charge in [-0.1, -0.05) is 33.3 Å². The standard InChI is InChI=1S/C13H21N/c1-11(2)12(3)6-4-7-13-8-5-9-14-10-13/h5,8-12H,4,6-7H2,1-3H3. The summed E-state index contributed by atoms with van der Waals surface area (Å²) in [5, 5.41) is 0. The SMILES string of the molecule is CC(C)C(C)CCCc1cccnc1. The number of aryl methyl sites for hydroxylation is 1. The molecule has 0 aliphatic carbocycles. The number of rotatable bonds is 5. The van der Waals surface area contributed by atoms with E-state index in [-0.39, 0.29) is 0 Å². The highest BCUT2D eigenvalue weighted by Gasteiger charge is 2.06. The molecule has 1 unspecified atom stereocenters. The molecule has 14 heavy (non-hydrogen) atoms. The molecule has 0 amide bonds. The molecule has 1 heteroatoms. The van der Waals surface area contributed by atoms with Gasteiger partial charge in [-0.05, 0) is 36.3 Å². The average molecular weight is 191 g/mol. The van der Waals surface area contributed by atoms with E-state index in [0.29, 0.717) is 0 Å². The van der Waals surface area contributed by atoms with E-state index in [9.17, 15) is 0 Å². The Kier molecular flexibility index (Phi) is 4.64. The Labute approximate surface area is 87.6 Å². The van der Waals surface area contributed by atoms with Crippen LogP contribution in [0, 0.1) is 11.8 Å². The smallest absolute Gasteiger partial charge is 0.0299 e. The predicted octanol–water partition coefficient (Wildman–Crippen LogP) is 3.70. The highest BCUT2D eigenvalue weighted by Crippen LogP contribution is 2.17. The number of hydrogen-bond donors (Lipinski definition) is 0. The molecule has 0 fully saturated rings.